The van der Waals surface area contributed by atoms with Gasteiger partial charge in [0.25, 0.3) is 0 Å². The third-order valence-electron chi connectivity index (χ3n) is 2.92. The molecule has 0 aromatic rings. The predicted octanol–water partition coefficient (Wildman–Crippen LogP) is 1.12. The van der Waals surface area contributed by atoms with Crippen molar-refractivity contribution in [2.75, 3.05) is 6.61 Å². The van der Waals surface area contributed by atoms with Gasteiger partial charge in [-0.2, -0.15) is 0 Å². The topological polar surface area (TPSA) is 83.8 Å². The fourth-order valence-electron chi connectivity index (χ4n) is 2.21. The van der Waals surface area contributed by atoms with E-state index in [0.717, 1.165) is 6.42 Å². The predicted molar refractivity (Wildman–Crippen MR) is 51.6 cm³/mol. The fourth-order valence-corrected chi connectivity index (χ4v) is 2.21. The molecular formula is C10H16O5. The van der Waals surface area contributed by atoms with Crippen LogP contribution in [-0.2, 0) is 14.3 Å². The number of rotatable bonds is 4. The zero-order valence-corrected chi connectivity index (χ0v) is 8.73. The molecule has 5 heteroatoms. The van der Waals surface area contributed by atoms with Crippen LogP contribution in [0.2, 0.25) is 0 Å². The van der Waals surface area contributed by atoms with Gasteiger partial charge in [-0.25, -0.2) is 4.79 Å². The van der Waals surface area contributed by atoms with Gasteiger partial charge in [-0.1, -0.05) is 6.42 Å². The average Bonchev–Trinajstić information content (AvgIpc) is 2.18. The molecule has 0 bridgehead atoms. The van der Waals surface area contributed by atoms with E-state index in [2.05, 4.69) is 0 Å². The second-order valence-corrected chi connectivity index (χ2v) is 3.76. The van der Waals surface area contributed by atoms with Gasteiger partial charge in [-0.3, -0.25) is 4.79 Å². The first kappa shape index (κ1) is 12.0. The SMILES string of the molecule is CCOC1(C(=O)O)CCCCC1C(=O)O. The quantitative estimate of drug-likeness (QED) is 0.735. The summed E-state index contributed by atoms with van der Waals surface area (Å²) in [6, 6.07) is 0. The minimum Gasteiger partial charge on any atom is -0.481 e. The van der Waals surface area contributed by atoms with Crippen LogP contribution in [0.4, 0.5) is 0 Å². The highest BCUT2D eigenvalue weighted by molar-refractivity contribution is 5.86. The van der Waals surface area contributed by atoms with Crippen LogP contribution in [0.1, 0.15) is 32.6 Å². The first-order valence-corrected chi connectivity index (χ1v) is 5.14. The summed E-state index contributed by atoms with van der Waals surface area (Å²) in [5.41, 5.74) is -1.52. The molecule has 0 amide bonds. The van der Waals surface area contributed by atoms with Gasteiger partial charge in [0, 0.05) is 6.61 Å². The molecule has 0 aromatic heterocycles. The minimum atomic E-state index is -1.52. The molecule has 2 N–H and O–H groups in total. The molecule has 2 atom stereocenters. The molecule has 1 aliphatic rings. The fraction of sp³-hybridized carbons (Fsp3) is 0.800. The number of hydrogen-bond acceptors (Lipinski definition) is 3. The van der Waals surface area contributed by atoms with E-state index in [1.54, 1.807) is 6.92 Å². The van der Waals surface area contributed by atoms with Crippen molar-refractivity contribution in [3.05, 3.63) is 0 Å². The number of ether oxygens (including phenoxy) is 1. The second-order valence-electron chi connectivity index (χ2n) is 3.76. The maximum Gasteiger partial charge on any atom is 0.336 e. The van der Waals surface area contributed by atoms with Crippen LogP contribution in [0, 0.1) is 5.92 Å². The minimum absolute atomic E-state index is 0.218. The lowest BCUT2D eigenvalue weighted by Crippen LogP contribution is -2.53. The second kappa shape index (κ2) is 4.61. The third kappa shape index (κ3) is 2.12. The van der Waals surface area contributed by atoms with Crippen LogP contribution in [0.5, 0.6) is 0 Å². The molecule has 15 heavy (non-hydrogen) atoms. The molecule has 1 rings (SSSR count). The van der Waals surface area contributed by atoms with Crippen molar-refractivity contribution < 1.29 is 24.5 Å². The van der Waals surface area contributed by atoms with Crippen molar-refractivity contribution in [1.29, 1.82) is 0 Å². The van der Waals surface area contributed by atoms with E-state index in [4.69, 9.17) is 14.9 Å². The number of hydrogen-bond donors (Lipinski definition) is 2. The van der Waals surface area contributed by atoms with Gasteiger partial charge in [0.05, 0.1) is 5.92 Å². The summed E-state index contributed by atoms with van der Waals surface area (Å²) in [4.78, 5) is 22.2. The standard InChI is InChI=1S/C10H16O5/c1-2-15-10(9(13)14)6-4-3-5-7(10)8(11)12/h7H,2-6H2,1H3,(H,11,12)(H,13,14). The molecule has 0 aliphatic heterocycles. The monoisotopic (exact) mass is 216 g/mol. The Labute approximate surface area is 88.0 Å². The molecule has 86 valence electrons. The maximum absolute atomic E-state index is 11.2. The molecule has 2 unspecified atom stereocenters. The summed E-state index contributed by atoms with van der Waals surface area (Å²) in [5, 5.41) is 18.2. The summed E-state index contributed by atoms with van der Waals surface area (Å²) >= 11 is 0. The van der Waals surface area contributed by atoms with Crippen molar-refractivity contribution in [2.24, 2.45) is 5.92 Å². The van der Waals surface area contributed by atoms with Crippen LogP contribution in [0.25, 0.3) is 0 Å². The third-order valence-corrected chi connectivity index (χ3v) is 2.92. The van der Waals surface area contributed by atoms with E-state index >= 15 is 0 Å². The van der Waals surface area contributed by atoms with E-state index in [1.165, 1.54) is 0 Å². The molecule has 0 radical (unpaired) electrons. The van der Waals surface area contributed by atoms with Gasteiger partial charge in [-0.15, -0.1) is 0 Å². The van der Waals surface area contributed by atoms with Gasteiger partial charge in [0.15, 0.2) is 5.60 Å². The highest BCUT2D eigenvalue weighted by Crippen LogP contribution is 2.37. The number of carboxylic acids is 2. The zero-order chi connectivity index (χ0) is 11.5. The zero-order valence-electron chi connectivity index (χ0n) is 8.73. The van der Waals surface area contributed by atoms with Crippen LogP contribution >= 0.6 is 0 Å². The van der Waals surface area contributed by atoms with Crippen molar-refractivity contribution in [1.82, 2.24) is 0 Å². The Morgan fingerprint density at radius 3 is 2.53 bits per heavy atom. The summed E-state index contributed by atoms with van der Waals surface area (Å²) in [5.74, 6) is -3.16. The summed E-state index contributed by atoms with van der Waals surface area (Å²) < 4.78 is 5.23. The Morgan fingerprint density at radius 2 is 2.07 bits per heavy atom. The van der Waals surface area contributed by atoms with Gasteiger partial charge >= 0.3 is 11.9 Å². The molecule has 5 nitrogen and oxygen atoms in total. The molecular weight excluding hydrogens is 200 g/mol. The van der Waals surface area contributed by atoms with Crippen molar-refractivity contribution in [3.8, 4) is 0 Å². The lowest BCUT2D eigenvalue weighted by molar-refractivity contribution is -0.188. The highest BCUT2D eigenvalue weighted by atomic mass is 16.5. The Hall–Kier alpha value is -1.10. The van der Waals surface area contributed by atoms with Gasteiger partial charge in [0.1, 0.15) is 0 Å². The van der Waals surface area contributed by atoms with E-state index in [9.17, 15) is 9.59 Å². The van der Waals surface area contributed by atoms with E-state index in [-0.39, 0.29) is 13.0 Å². The van der Waals surface area contributed by atoms with E-state index < -0.39 is 23.5 Å². The van der Waals surface area contributed by atoms with Crippen LogP contribution in [0.15, 0.2) is 0 Å². The van der Waals surface area contributed by atoms with E-state index in [0.29, 0.717) is 12.8 Å². The van der Waals surface area contributed by atoms with Crippen LogP contribution in [0.3, 0.4) is 0 Å². The summed E-state index contributed by atoms with van der Waals surface area (Å²) in [6.07, 6.45) is 2.12. The maximum atomic E-state index is 11.2. The molecule has 1 saturated carbocycles. The van der Waals surface area contributed by atoms with Gasteiger partial charge < -0.3 is 14.9 Å². The molecule has 1 aliphatic carbocycles. The average molecular weight is 216 g/mol. The van der Waals surface area contributed by atoms with Gasteiger partial charge in [0.2, 0.25) is 0 Å². The lowest BCUT2D eigenvalue weighted by atomic mass is 9.75. The molecule has 0 spiro atoms. The number of carbonyl (C=O) groups is 2. The van der Waals surface area contributed by atoms with Crippen LogP contribution < -0.4 is 0 Å². The Balaban J connectivity index is 2.98. The Kier molecular flexibility index (Phi) is 3.68. The summed E-state index contributed by atoms with van der Waals surface area (Å²) in [6.45, 7) is 1.90. The molecule has 0 heterocycles. The van der Waals surface area contributed by atoms with E-state index in [1.807, 2.05) is 0 Å². The van der Waals surface area contributed by atoms with Crippen molar-refractivity contribution >= 4 is 11.9 Å². The first-order chi connectivity index (χ1) is 7.04. The lowest BCUT2D eigenvalue weighted by Gasteiger charge is -2.37. The summed E-state index contributed by atoms with van der Waals surface area (Å²) in [7, 11) is 0. The highest BCUT2D eigenvalue weighted by Gasteiger charge is 2.51. The smallest absolute Gasteiger partial charge is 0.336 e. The van der Waals surface area contributed by atoms with Gasteiger partial charge in [-0.05, 0) is 26.2 Å². The van der Waals surface area contributed by atoms with Crippen LogP contribution in [-0.4, -0.2) is 34.4 Å². The molecule has 0 aromatic carbocycles. The first-order valence-electron chi connectivity index (χ1n) is 5.14. The molecule has 0 saturated heterocycles. The molecule has 1 fully saturated rings. The number of carboxylic acid groups (broad SMARTS) is 2. The number of aliphatic carboxylic acids is 2. The normalized spacial score (nSPS) is 31.1. The Morgan fingerprint density at radius 1 is 1.40 bits per heavy atom. The van der Waals surface area contributed by atoms with Crippen molar-refractivity contribution in [3.63, 3.8) is 0 Å². The Bertz CT molecular complexity index is 259. The largest absolute Gasteiger partial charge is 0.481 e. The van der Waals surface area contributed by atoms with Crippen molar-refractivity contribution in [2.45, 2.75) is 38.2 Å².